The molecule has 0 unspecified atom stereocenters. The van der Waals surface area contributed by atoms with Crippen LogP contribution in [0.4, 0.5) is 11.4 Å². The van der Waals surface area contributed by atoms with Gasteiger partial charge in [0, 0.05) is 29.4 Å². The topological polar surface area (TPSA) is 110 Å². The fourth-order valence-corrected chi connectivity index (χ4v) is 4.52. The number of benzene rings is 3. The van der Waals surface area contributed by atoms with Crippen LogP contribution in [-0.2, 0) is 21.2 Å². The average Bonchev–Trinajstić information content (AvgIpc) is 2.77. The molecule has 0 atom stereocenters. The largest absolute Gasteiger partial charge is 0.325 e. The molecule has 0 aromatic heterocycles. The van der Waals surface area contributed by atoms with Gasteiger partial charge in [-0.2, -0.15) is 4.31 Å². The predicted molar refractivity (Wildman–Crippen MR) is 122 cm³/mol. The molecule has 32 heavy (non-hydrogen) atoms. The number of hydrogen-bond acceptors (Lipinski definition) is 5. The monoisotopic (exact) mass is 473 g/mol. The summed E-state index contributed by atoms with van der Waals surface area (Å²) >= 11 is 5.87. The van der Waals surface area contributed by atoms with Crippen molar-refractivity contribution in [2.45, 2.75) is 11.3 Å². The van der Waals surface area contributed by atoms with Gasteiger partial charge in [0.1, 0.15) is 0 Å². The van der Waals surface area contributed by atoms with Gasteiger partial charge >= 0.3 is 0 Å². The highest BCUT2D eigenvalue weighted by molar-refractivity contribution is 7.89. The van der Waals surface area contributed by atoms with E-state index < -0.39 is 27.4 Å². The Balaban J connectivity index is 1.81. The number of anilines is 1. The number of nitrogens with one attached hydrogen (secondary N) is 1. The zero-order chi connectivity index (χ0) is 23.1. The minimum absolute atomic E-state index is 0.0121. The van der Waals surface area contributed by atoms with Crippen molar-refractivity contribution in [3.8, 4) is 0 Å². The Labute approximate surface area is 190 Å². The normalized spacial score (nSPS) is 11.3. The number of nitro benzene ring substituents is 1. The summed E-state index contributed by atoms with van der Waals surface area (Å²) in [5.41, 5.74) is 0.941. The van der Waals surface area contributed by atoms with E-state index in [0.29, 0.717) is 11.4 Å². The highest BCUT2D eigenvalue weighted by Crippen LogP contribution is 2.20. The van der Waals surface area contributed by atoms with Crippen LogP contribution in [0, 0.1) is 10.1 Å². The quantitative estimate of drug-likeness (QED) is 0.371. The number of nitrogens with zero attached hydrogens (tertiary/aromatic N) is 2. The van der Waals surface area contributed by atoms with Gasteiger partial charge in [-0.1, -0.05) is 48.0 Å². The molecule has 0 aliphatic carbocycles. The van der Waals surface area contributed by atoms with E-state index in [1.807, 2.05) is 30.3 Å². The summed E-state index contributed by atoms with van der Waals surface area (Å²) in [7, 11) is -3.99. The van der Waals surface area contributed by atoms with E-state index in [2.05, 4.69) is 5.32 Å². The van der Waals surface area contributed by atoms with Crippen molar-refractivity contribution in [1.82, 2.24) is 4.31 Å². The summed E-state index contributed by atoms with van der Waals surface area (Å²) in [6.07, 6.45) is 0.401. The van der Waals surface area contributed by atoms with Gasteiger partial charge in [0.25, 0.3) is 5.69 Å². The summed E-state index contributed by atoms with van der Waals surface area (Å²) in [4.78, 5) is 23.0. The minimum atomic E-state index is -3.99. The van der Waals surface area contributed by atoms with Gasteiger partial charge in [-0.25, -0.2) is 8.42 Å². The van der Waals surface area contributed by atoms with Crippen molar-refractivity contribution >= 4 is 38.9 Å². The highest BCUT2D eigenvalue weighted by atomic mass is 35.5. The lowest BCUT2D eigenvalue weighted by atomic mass is 10.1. The van der Waals surface area contributed by atoms with Crippen LogP contribution in [0.15, 0.2) is 83.8 Å². The van der Waals surface area contributed by atoms with Gasteiger partial charge in [-0.3, -0.25) is 14.9 Å². The summed E-state index contributed by atoms with van der Waals surface area (Å²) in [5.74, 6) is -0.615. The second kappa shape index (κ2) is 10.4. The third-order valence-electron chi connectivity index (χ3n) is 4.60. The molecule has 8 nitrogen and oxygen atoms in total. The van der Waals surface area contributed by atoms with Crippen LogP contribution >= 0.6 is 11.6 Å². The Bertz CT molecular complexity index is 1200. The van der Waals surface area contributed by atoms with Crippen LogP contribution in [0.2, 0.25) is 5.02 Å². The molecule has 10 heteroatoms. The lowest BCUT2D eigenvalue weighted by Crippen LogP contribution is -2.39. The van der Waals surface area contributed by atoms with Crippen molar-refractivity contribution < 1.29 is 18.1 Å². The second-order valence-electron chi connectivity index (χ2n) is 6.88. The summed E-state index contributed by atoms with van der Waals surface area (Å²) < 4.78 is 27.5. The Hall–Kier alpha value is -3.27. The van der Waals surface area contributed by atoms with Gasteiger partial charge in [0.05, 0.1) is 16.4 Å². The number of hydrogen-bond donors (Lipinski definition) is 1. The fourth-order valence-electron chi connectivity index (χ4n) is 3.00. The van der Waals surface area contributed by atoms with Crippen molar-refractivity contribution in [3.05, 3.63) is 99.6 Å². The van der Waals surface area contributed by atoms with E-state index in [1.165, 1.54) is 48.5 Å². The number of non-ortho nitro benzene ring substituents is 1. The number of carbonyl (C=O) groups is 1. The zero-order valence-electron chi connectivity index (χ0n) is 16.8. The van der Waals surface area contributed by atoms with Crippen molar-refractivity contribution in [3.63, 3.8) is 0 Å². The zero-order valence-corrected chi connectivity index (χ0v) is 18.4. The van der Waals surface area contributed by atoms with Crippen LogP contribution in [0.3, 0.4) is 0 Å². The molecule has 0 heterocycles. The first-order valence-corrected chi connectivity index (χ1v) is 11.4. The van der Waals surface area contributed by atoms with Crippen molar-refractivity contribution in [2.24, 2.45) is 0 Å². The van der Waals surface area contributed by atoms with Crippen LogP contribution in [-0.4, -0.2) is 36.6 Å². The molecule has 0 radical (unpaired) electrons. The molecule has 0 aliphatic rings. The van der Waals surface area contributed by atoms with Gasteiger partial charge in [0.2, 0.25) is 15.9 Å². The fraction of sp³-hybridized carbons (Fsp3) is 0.136. The Morgan fingerprint density at radius 3 is 2.34 bits per heavy atom. The van der Waals surface area contributed by atoms with Gasteiger partial charge in [-0.15, -0.1) is 0 Å². The number of nitro groups is 1. The summed E-state index contributed by atoms with van der Waals surface area (Å²) in [5, 5.41) is 13.9. The van der Waals surface area contributed by atoms with Crippen LogP contribution in [0.1, 0.15) is 5.56 Å². The van der Waals surface area contributed by atoms with E-state index >= 15 is 0 Å². The molecule has 0 saturated heterocycles. The van der Waals surface area contributed by atoms with E-state index in [0.717, 1.165) is 9.87 Å². The minimum Gasteiger partial charge on any atom is -0.325 e. The molecule has 3 aromatic carbocycles. The van der Waals surface area contributed by atoms with Crippen LogP contribution in [0.5, 0.6) is 0 Å². The van der Waals surface area contributed by atoms with E-state index in [-0.39, 0.29) is 22.8 Å². The molecular weight excluding hydrogens is 454 g/mol. The summed E-state index contributed by atoms with van der Waals surface area (Å²) in [6.45, 7) is -0.391. The van der Waals surface area contributed by atoms with E-state index in [1.54, 1.807) is 0 Å². The van der Waals surface area contributed by atoms with E-state index in [9.17, 15) is 23.3 Å². The number of rotatable bonds is 9. The highest BCUT2D eigenvalue weighted by Gasteiger charge is 2.26. The Kier molecular flexibility index (Phi) is 7.57. The van der Waals surface area contributed by atoms with Gasteiger partial charge in [0.15, 0.2) is 0 Å². The predicted octanol–water partition coefficient (Wildman–Crippen LogP) is 4.12. The lowest BCUT2D eigenvalue weighted by molar-refractivity contribution is -0.384. The molecule has 1 N–H and O–H groups in total. The maximum atomic E-state index is 13.2. The first kappa shape index (κ1) is 23.4. The van der Waals surface area contributed by atoms with Crippen molar-refractivity contribution in [2.75, 3.05) is 18.4 Å². The molecule has 3 aromatic rings. The summed E-state index contributed by atoms with van der Waals surface area (Å²) in [6, 6.07) is 20.4. The lowest BCUT2D eigenvalue weighted by Gasteiger charge is -2.22. The smallest absolute Gasteiger partial charge is 0.271 e. The molecule has 166 valence electrons. The Morgan fingerprint density at radius 1 is 1.00 bits per heavy atom. The van der Waals surface area contributed by atoms with Crippen molar-refractivity contribution in [1.29, 1.82) is 0 Å². The average molecular weight is 474 g/mol. The molecule has 0 aliphatic heterocycles. The molecule has 0 spiro atoms. The van der Waals surface area contributed by atoms with Gasteiger partial charge in [-0.05, 0) is 42.3 Å². The molecular formula is C22H20ClN3O5S. The van der Waals surface area contributed by atoms with Crippen LogP contribution < -0.4 is 5.32 Å². The first-order valence-electron chi connectivity index (χ1n) is 9.59. The standard InChI is InChI=1S/C22H20ClN3O5S/c23-18-9-11-21(12-10-18)32(30,31)25(14-13-17-5-2-1-3-6-17)16-22(27)24-19-7-4-8-20(15-19)26(28)29/h1-12,15H,13-14,16H2,(H,24,27). The number of sulfonamides is 1. The number of amides is 1. The second-order valence-corrected chi connectivity index (χ2v) is 9.26. The first-order chi connectivity index (χ1) is 15.3. The molecule has 0 bridgehead atoms. The molecule has 1 amide bonds. The SMILES string of the molecule is O=C(CN(CCc1ccccc1)S(=O)(=O)c1ccc(Cl)cc1)Nc1cccc([N+](=O)[O-])c1. The molecule has 0 fully saturated rings. The molecule has 0 saturated carbocycles. The third-order valence-corrected chi connectivity index (χ3v) is 6.72. The number of carbonyl (C=O) groups excluding carboxylic acids is 1. The van der Waals surface area contributed by atoms with Gasteiger partial charge < -0.3 is 5.32 Å². The molecule has 3 rings (SSSR count). The maximum absolute atomic E-state index is 13.2. The number of halogens is 1. The Morgan fingerprint density at radius 2 is 1.69 bits per heavy atom. The maximum Gasteiger partial charge on any atom is 0.271 e. The van der Waals surface area contributed by atoms with Crippen LogP contribution in [0.25, 0.3) is 0 Å². The third kappa shape index (κ3) is 6.13. The van der Waals surface area contributed by atoms with E-state index in [4.69, 9.17) is 11.6 Å².